The van der Waals surface area contributed by atoms with Crippen LogP contribution in [0.25, 0.3) is 0 Å². The lowest BCUT2D eigenvalue weighted by Gasteiger charge is -2.31. The molecule has 16 heavy (non-hydrogen) atoms. The molecule has 0 amide bonds. The van der Waals surface area contributed by atoms with Gasteiger partial charge in [-0.3, -0.25) is 9.88 Å². The van der Waals surface area contributed by atoms with Gasteiger partial charge >= 0.3 is 0 Å². The van der Waals surface area contributed by atoms with Gasteiger partial charge in [0.15, 0.2) is 0 Å². The minimum Gasteiger partial charge on any atom is -0.312 e. The summed E-state index contributed by atoms with van der Waals surface area (Å²) in [5.74, 6) is 0. The van der Waals surface area contributed by atoms with E-state index in [1.807, 2.05) is 18.5 Å². The van der Waals surface area contributed by atoms with Crippen LogP contribution in [0, 0.1) is 0 Å². The van der Waals surface area contributed by atoms with E-state index in [2.05, 4.69) is 28.2 Å². The Bertz CT molecular complexity index is 282. The van der Waals surface area contributed by atoms with Crippen LogP contribution in [0.4, 0.5) is 0 Å². The average molecular weight is 264 g/mol. The summed E-state index contributed by atoms with van der Waals surface area (Å²) < 4.78 is 0. The van der Waals surface area contributed by atoms with E-state index in [9.17, 15) is 0 Å². The molecule has 3 nitrogen and oxygen atoms in total. The van der Waals surface area contributed by atoms with Crippen LogP contribution in [0.5, 0.6) is 0 Å². The Labute approximate surface area is 109 Å². The lowest BCUT2D eigenvalue weighted by molar-refractivity contribution is 0.199. The zero-order chi connectivity index (χ0) is 9.80. The highest BCUT2D eigenvalue weighted by atomic mass is 35.5. The molecule has 1 saturated heterocycles. The van der Waals surface area contributed by atoms with Crippen molar-refractivity contribution in [2.24, 2.45) is 0 Å². The average Bonchev–Trinajstić information content (AvgIpc) is 2.19. The zero-order valence-corrected chi connectivity index (χ0v) is 11.1. The number of aromatic nitrogens is 1. The first-order chi connectivity index (χ1) is 6.84. The maximum Gasteiger partial charge on any atom is 0.0312 e. The van der Waals surface area contributed by atoms with Gasteiger partial charge in [0, 0.05) is 44.6 Å². The standard InChI is InChI=1S/C11H17N3.2ClH/c1-10-8-14(6-5-13-10)9-11-3-2-4-12-7-11;;/h2-4,7,10,13H,5-6,8-9H2,1H3;2*1H. The molecule has 1 aromatic rings. The molecule has 5 heteroatoms. The van der Waals surface area contributed by atoms with E-state index in [-0.39, 0.29) is 24.8 Å². The van der Waals surface area contributed by atoms with Crippen LogP contribution in [-0.4, -0.2) is 35.6 Å². The van der Waals surface area contributed by atoms with Crippen LogP contribution < -0.4 is 5.32 Å². The molecule has 0 aromatic carbocycles. The summed E-state index contributed by atoms with van der Waals surface area (Å²) in [5.41, 5.74) is 1.31. The summed E-state index contributed by atoms with van der Waals surface area (Å²) in [5, 5.41) is 3.44. The second-order valence-corrected chi connectivity index (χ2v) is 3.95. The number of hydrogen-bond donors (Lipinski definition) is 1. The molecular formula is C11H19Cl2N3. The molecule has 0 radical (unpaired) electrons. The third-order valence-electron chi connectivity index (χ3n) is 2.58. The molecule has 1 atom stereocenters. The van der Waals surface area contributed by atoms with Gasteiger partial charge in [-0.1, -0.05) is 6.07 Å². The van der Waals surface area contributed by atoms with Crippen LogP contribution in [0.2, 0.25) is 0 Å². The van der Waals surface area contributed by atoms with Gasteiger partial charge in [-0.15, -0.1) is 24.8 Å². The van der Waals surface area contributed by atoms with E-state index in [0.717, 1.165) is 26.2 Å². The second-order valence-electron chi connectivity index (χ2n) is 3.95. The van der Waals surface area contributed by atoms with E-state index in [0.29, 0.717) is 6.04 Å². The molecule has 1 N–H and O–H groups in total. The zero-order valence-electron chi connectivity index (χ0n) is 9.43. The predicted octanol–water partition coefficient (Wildman–Crippen LogP) is 1.72. The molecule has 92 valence electrons. The normalized spacial score (nSPS) is 20.7. The number of nitrogens with zero attached hydrogens (tertiary/aromatic N) is 2. The number of piperazine rings is 1. The van der Waals surface area contributed by atoms with E-state index >= 15 is 0 Å². The third-order valence-corrected chi connectivity index (χ3v) is 2.58. The summed E-state index contributed by atoms with van der Waals surface area (Å²) >= 11 is 0. The number of rotatable bonds is 2. The smallest absolute Gasteiger partial charge is 0.0312 e. The van der Waals surface area contributed by atoms with E-state index in [1.165, 1.54) is 5.56 Å². The SMILES string of the molecule is CC1CN(Cc2cccnc2)CCN1.Cl.Cl. The highest BCUT2D eigenvalue weighted by molar-refractivity contribution is 5.85. The first-order valence-corrected chi connectivity index (χ1v) is 5.19. The van der Waals surface area contributed by atoms with Crippen LogP contribution in [0.15, 0.2) is 24.5 Å². The summed E-state index contributed by atoms with van der Waals surface area (Å²) in [4.78, 5) is 6.60. The van der Waals surface area contributed by atoms with Crippen LogP contribution in [0.3, 0.4) is 0 Å². The monoisotopic (exact) mass is 263 g/mol. The number of pyridine rings is 1. The highest BCUT2D eigenvalue weighted by Crippen LogP contribution is 2.05. The van der Waals surface area contributed by atoms with Crippen LogP contribution >= 0.6 is 24.8 Å². The number of halogens is 2. The van der Waals surface area contributed by atoms with Crippen LogP contribution in [-0.2, 0) is 6.54 Å². The molecule has 0 aliphatic carbocycles. The van der Waals surface area contributed by atoms with Crippen molar-refractivity contribution in [3.05, 3.63) is 30.1 Å². The molecule has 1 unspecified atom stereocenters. The maximum atomic E-state index is 4.13. The van der Waals surface area contributed by atoms with Crippen molar-refractivity contribution in [2.45, 2.75) is 19.5 Å². The van der Waals surface area contributed by atoms with Crippen molar-refractivity contribution in [2.75, 3.05) is 19.6 Å². The highest BCUT2D eigenvalue weighted by Gasteiger charge is 2.14. The minimum atomic E-state index is 0. The predicted molar refractivity (Wildman–Crippen MR) is 71.5 cm³/mol. The van der Waals surface area contributed by atoms with Gasteiger partial charge in [0.05, 0.1) is 0 Å². The van der Waals surface area contributed by atoms with Gasteiger partial charge in [-0.2, -0.15) is 0 Å². The summed E-state index contributed by atoms with van der Waals surface area (Å²) in [7, 11) is 0. The Morgan fingerprint density at radius 3 is 2.94 bits per heavy atom. The van der Waals surface area contributed by atoms with Crippen molar-refractivity contribution in [1.29, 1.82) is 0 Å². The maximum absolute atomic E-state index is 4.13. The third kappa shape index (κ3) is 4.66. The van der Waals surface area contributed by atoms with Gasteiger partial charge in [0.2, 0.25) is 0 Å². The van der Waals surface area contributed by atoms with Gasteiger partial charge in [0.25, 0.3) is 0 Å². The summed E-state index contributed by atoms with van der Waals surface area (Å²) in [6, 6.07) is 4.75. The Morgan fingerprint density at radius 2 is 2.31 bits per heavy atom. The quantitative estimate of drug-likeness (QED) is 0.881. The largest absolute Gasteiger partial charge is 0.312 e. The molecule has 1 fully saturated rings. The Morgan fingerprint density at radius 1 is 1.50 bits per heavy atom. The minimum absolute atomic E-state index is 0. The van der Waals surface area contributed by atoms with Gasteiger partial charge in [-0.25, -0.2) is 0 Å². The topological polar surface area (TPSA) is 28.2 Å². The second kappa shape index (κ2) is 7.85. The van der Waals surface area contributed by atoms with E-state index < -0.39 is 0 Å². The Hall–Kier alpha value is -0.350. The molecule has 1 aliphatic rings. The number of nitrogens with one attached hydrogen (secondary N) is 1. The van der Waals surface area contributed by atoms with Crippen LogP contribution in [0.1, 0.15) is 12.5 Å². The molecular weight excluding hydrogens is 245 g/mol. The fourth-order valence-electron chi connectivity index (χ4n) is 1.91. The van der Waals surface area contributed by atoms with Crippen molar-refractivity contribution >= 4 is 24.8 Å². The first-order valence-electron chi connectivity index (χ1n) is 5.19. The van der Waals surface area contributed by atoms with E-state index in [4.69, 9.17) is 0 Å². The van der Waals surface area contributed by atoms with Crippen molar-refractivity contribution in [1.82, 2.24) is 15.2 Å². The fraction of sp³-hybridized carbons (Fsp3) is 0.545. The molecule has 0 bridgehead atoms. The Kier molecular flexibility index (Phi) is 7.68. The van der Waals surface area contributed by atoms with Gasteiger partial charge < -0.3 is 5.32 Å². The lowest BCUT2D eigenvalue weighted by atomic mass is 10.2. The molecule has 1 aromatic heterocycles. The fourth-order valence-corrected chi connectivity index (χ4v) is 1.91. The summed E-state index contributed by atoms with van der Waals surface area (Å²) in [6.45, 7) is 6.63. The van der Waals surface area contributed by atoms with E-state index in [1.54, 1.807) is 0 Å². The van der Waals surface area contributed by atoms with Gasteiger partial charge in [-0.05, 0) is 18.6 Å². The number of hydrogen-bond acceptors (Lipinski definition) is 3. The summed E-state index contributed by atoms with van der Waals surface area (Å²) in [6.07, 6.45) is 3.77. The molecule has 1 aliphatic heterocycles. The first kappa shape index (κ1) is 15.7. The molecule has 2 heterocycles. The lowest BCUT2D eigenvalue weighted by Crippen LogP contribution is -2.48. The molecule has 0 spiro atoms. The Balaban J connectivity index is 0.00000112. The van der Waals surface area contributed by atoms with Gasteiger partial charge in [0.1, 0.15) is 0 Å². The van der Waals surface area contributed by atoms with Crippen molar-refractivity contribution < 1.29 is 0 Å². The van der Waals surface area contributed by atoms with Crippen molar-refractivity contribution in [3.63, 3.8) is 0 Å². The van der Waals surface area contributed by atoms with Crippen molar-refractivity contribution in [3.8, 4) is 0 Å². The molecule has 0 saturated carbocycles. The molecule has 2 rings (SSSR count).